The summed E-state index contributed by atoms with van der Waals surface area (Å²) in [6, 6.07) is 22.0. The van der Waals surface area contributed by atoms with Crippen LogP contribution in [0, 0.1) is 0 Å². The van der Waals surface area contributed by atoms with Crippen molar-refractivity contribution in [1.29, 1.82) is 0 Å². The minimum atomic E-state index is -0.269. The van der Waals surface area contributed by atoms with Crippen LogP contribution in [0.5, 0.6) is 11.5 Å². The zero-order valence-corrected chi connectivity index (χ0v) is 22.6. The molecule has 196 valence electrons. The predicted octanol–water partition coefficient (Wildman–Crippen LogP) is 9.06. The van der Waals surface area contributed by atoms with Gasteiger partial charge in [0.05, 0.1) is 12.9 Å². The highest BCUT2D eigenvalue weighted by Gasteiger charge is 2.19. The maximum atomic E-state index is 6.04. The van der Waals surface area contributed by atoms with Crippen LogP contribution < -0.4 is 9.47 Å². The van der Waals surface area contributed by atoms with Crippen LogP contribution >= 0.6 is 0 Å². The van der Waals surface area contributed by atoms with E-state index in [-0.39, 0.29) is 6.29 Å². The van der Waals surface area contributed by atoms with Crippen LogP contribution in [0.15, 0.2) is 73.5 Å². The fourth-order valence-electron chi connectivity index (χ4n) is 5.03. The Morgan fingerprint density at radius 1 is 0.757 bits per heavy atom. The van der Waals surface area contributed by atoms with Crippen molar-refractivity contribution in [2.75, 3.05) is 6.61 Å². The van der Waals surface area contributed by atoms with Gasteiger partial charge in [0.2, 0.25) is 6.29 Å². The van der Waals surface area contributed by atoms with Crippen LogP contribution in [0.1, 0.15) is 81.0 Å². The quantitative estimate of drug-likeness (QED) is 0.0876. The summed E-state index contributed by atoms with van der Waals surface area (Å²) in [6.45, 7) is 8.91. The van der Waals surface area contributed by atoms with Crippen molar-refractivity contribution in [3.63, 3.8) is 0 Å². The second kappa shape index (κ2) is 13.9. The molecule has 0 N–H and O–H groups in total. The summed E-state index contributed by atoms with van der Waals surface area (Å²) in [4.78, 5) is 0. The first-order chi connectivity index (χ1) is 18.2. The highest BCUT2D eigenvalue weighted by molar-refractivity contribution is 5.77. The van der Waals surface area contributed by atoms with Crippen LogP contribution in [0.4, 0.5) is 0 Å². The molecule has 0 fully saturated rings. The molecule has 0 spiro atoms. The van der Waals surface area contributed by atoms with E-state index in [9.17, 15) is 0 Å². The average Bonchev–Trinajstić information content (AvgIpc) is 3.28. The molecule has 37 heavy (non-hydrogen) atoms. The standard InChI is InChI=1S/C34H42O3/c1-4-7-9-11-34(35-6-3)37-30-17-14-26(15-18-30)12-13-27-16-20-32-28(23-27)24-29-25-31(19-21-33(29)32)36-22-10-8-5-2/h6,14-21,23,25,34H,3-5,7-13,22,24H2,1-2H3. The van der Waals surface area contributed by atoms with Crippen molar-refractivity contribution >= 4 is 0 Å². The lowest BCUT2D eigenvalue weighted by molar-refractivity contribution is -0.0359. The molecule has 3 nitrogen and oxygen atoms in total. The Bertz CT molecular complexity index is 1130. The van der Waals surface area contributed by atoms with Gasteiger partial charge in [-0.15, -0.1) is 0 Å². The summed E-state index contributed by atoms with van der Waals surface area (Å²) in [5.74, 6) is 1.84. The zero-order chi connectivity index (χ0) is 25.9. The Kier molecular flexibility index (Phi) is 10.1. The van der Waals surface area contributed by atoms with Gasteiger partial charge in [-0.2, -0.15) is 0 Å². The minimum Gasteiger partial charge on any atom is -0.494 e. The SMILES string of the molecule is C=COC(CCCCC)Oc1ccc(CCc2ccc3c(c2)Cc2cc(OCCCCC)ccc2-3)cc1. The Hall–Kier alpha value is -3.20. The van der Waals surface area contributed by atoms with Gasteiger partial charge in [-0.25, -0.2) is 0 Å². The maximum absolute atomic E-state index is 6.04. The molecular weight excluding hydrogens is 456 g/mol. The lowest BCUT2D eigenvalue weighted by Crippen LogP contribution is -2.18. The van der Waals surface area contributed by atoms with Gasteiger partial charge in [0.15, 0.2) is 0 Å². The molecular formula is C34H42O3. The average molecular weight is 499 g/mol. The van der Waals surface area contributed by atoms with Crippen LogP contribution in [0.2, 0.25) is 0 Å². The number of unbranched alkanes of at least 4 members (excludes halogenated alkanes) is 4. The summed E-state index contributed by atoms with van der Waals surface area (Å²) in [5, 5.41) is 0. The van der Waals surface area contributed by atoms with Crippen LogP contribution in [0.3, 0.4) is 0 Å². The molecule has 0 amide bonds. The van der Waals surface area contributed by atoms with Gasteiger partial charge >= 0.3 is 0 Å². The number of fused-ring (bicyclic) bond motifs is 3. The lowest BCUT2D eigenvalue weighted by Gasteiger charge is -2.18. The van der Waals surface area contributed by atoms with Crippen molar-refractivity contribution in [2.24, 2.45) is 0 Å². The van der Waals surface area contributed by atoms with E-state index >= 15 is 0 Å². The third-order valence-corrected chi connectivity index (χ3v) is 7.12. The summed E-state index contributed by atoms with van der Waals surface area (Å²) in [6.07, 6.45) is 12.1. The van der Waals surface area contributed by atoms with Crippen molar-refractivity contribution < 1.29 is 14.2 Å². The van der Waals surface area contributed by atoms with E-state index in [1.807, 2.05) is 0 Å². The van der Waals surface area contributed by atoms with Crippen molar-refractivity contribution in [2.45, 2.75) is 84.3 Å². The lowest BCUT2D eigenvalue weighted by atomic mass is 9.99. The molecule has 1 aliphatic rings. The molecule has 3 aromatic carbocycles. The first kappa shape index (κ1) is 26.9. The van der Waals surface area contributed by atoms with Gasteiger partial charge in [-0.05, 0) is 89.8 Å². The Labute approximate surface area is 223 Å². The summed E-state index contributed by atoms with van der Waals surface area (Å²) >= 11 is 0. The van der Waals surface area contributed by atoms with Crippen molar-refractivity contribution in [3.8, 4) is 22.6 Å². The summed E-state index contributed by atoms with van der Waals surface area (Å²) in [7, 11) is 0. The zero-order valence-electron chi connectivity index (χ0n) is 22.6. The molecule has 0 saturated carbocycles. The summed E-state index contributed by atoms with van der Waals surface area (Å²) < 4.78 is 17.6. The minimum absolute atomic E-state index is 0.269. The normalized spacial score (nSPS) is 12.5. The monoisotopic (exact) mass is 498 g/mol. The van der Waals surface area contributed by atoms with E-state index < -0.39 is 0 Å². The molecule has 4 rings (SSSR count). The molecule has 3 heteroatoms. The second-order valence-electron chi connectivity index (χ2n) is 10.0. The van der Waals surface area contributed by atoms with E-state index in [4.69, 9.17) is 14.2 Å². The highest BCUT2D eigenvalue weighted by Crippen LogP contribution is 2.39. The molecule has 0 radical (unpaired) electrons. The first-order valence-electron chi connectivity index (χ1n) is 14.1. The molecule has 1 atom stereocenters. The fraction of sp³-hybridized carbons (Fsp3) is 0.412. The van der Waals surface area contributed by atoms with Gasteiger partial charge in [0, 0.05) is 6.42 Å². The van der Waals surface area contributed by atoms with E-state index in [0.717, 1.165) is 56.6 Å². The topological polar surface area (TPSA) is 27.7 Å². The molecule has 1 unspecified atom stereocenters. The van der Waals surface area contributed by atoms with E-state index in [2.05, 4.69) is 81.1 Å². The van der Waals surface area contributed by atoms with E-state index in [0.29, 0.717) is 0 Å². The Morgan fingerprint density at radius 3 is 2.16 bits per heavy atom. The molecule has 3 aromatic rings. The molecule has 0 saturated heterocycles. The van der Waals surface area contributed by atoms with Gasteiger partial charge in [-0.1, -0.05) is 82.5 Å². The maximum Gasteiger partial charge on any atom is 0.240 e. The van der Waals surface area contributed by atoms with Gasteiger partial charge < -0.3 is 14.2 Å². The largest absolute Gasteiger partial charge is 0.494 e. The predicted molar refractivity (Wildman–Crippen MR) is 153 cm³/mol. The molecule has 0 heterocycles. The van der Waals surface area contributed by atoms with E-state index in [1.165, 1.54) is 65.3 Å². The van der Waals surface area contributed by atoms with Crippen LogP contribution in [-0.2, 0) is 24.0 Å². The molecule has 0 aliphatic heterocycles. The van der Waals surface area contributed by atoms with Gasteiger partial charge in [0.1, 0.15) is 11.5 Å². The number of aryl methyl sites for hydroxylation is 2. The number of benzene rings is 3. The molecule has 0 bridgehead atoms. The van der Waals surface area contributed by atoms with Crippen LogP contribution in [-0.4, -0.2) is 12.9 Å². The van der Waals surface area contributed by atoms with Gasteiger partial charge in [-0.3, -0.25) is 0 Å². The fourth-order valence-corrected chi connectivity index (χ4v) is 5.03. The van der Waals surface area contributed by atoms with Crippen molar-refractivity contribution in [3.05, 3.63) is 95.8 Å². The number of hydrogen-bond donors (Lipinski definition) is 0. The summed E-state index contributed by atoms with van der Waals surface area (Å²) in [5.41, 5.74) is 8.23. The third-order valence-electron chi connectivity index (χ3n) is 7.12. The van der Waals surface area contributed by atoms with Crippen molar-refractivity contribution in [1.82, 2.24) is 0 Å². The molecule has 0 aromatic heterocycles. The number of rotatable bonds is 16. The van der Waals surface area contributed by atoms with E-state index in [1.54, 1.807) is 0 Å². The third kappa shape index (κ3) is 7.64. The number of hydrogen-bond acceptors (Lipinski definition) is 3. The number of ether oxygens (including phenoxy) is 3. The first-order valence-corrected chi connectivity index (χ1v) is 14.1. The Balaban J connectivity index is 1.30. The molecule has 1 aliphatic carbocycles. The van der Waals surface area contributed by atoms with Gasteiger partial charge in [0.25, 0.3) is 0 Å². The second-order valence-corrected chi connectivity index (χ2v) is 10.0. The smallest absolute Gasteiger partial charge is 0.240 e. The van der Waals surface area contributed by atoms with Crippen LogP contribution in [0.25, 0.3) is 11.1 Å². The highest BCUT2D eigenvalue weighted by atomic mass is 16.7. The Morgan fingerprint density at radius 2 is 1.41 bits per heavy atom.